The zero-order chi connectivity index (χ0) is 14.5. The Balaban J connectivity index is 1.91. The fourth-order valence-electron chi connectivity index (χ4n) is 1.80. The fraction of sp³-hybridized carbons (Fsp3) is 0.133. The van der Waals surface area contributed by atoms with E-state index in [-0.39, 0.29) is 10.9 Å². The van der Waals surface area contributed by atoms with Gasteiger partial charge in [-0.2, -0.15) is 0 Å². The van der Waals surface area contributed by atoms with Crippen molar-refractivity contribution in [2.75, 3.05) is 11.1 Å². The molecule has 3 N–H and O–H groups in total. The number of hydrogen-bond acceptors (Lipinski definition) is 2. The summed E-state index contributed by atoms with van der Waals surface area (Å²) in [5.41, 5.74) is 7.82. The standard InChI is InChI=1S/C15H14ClFN2O/c16-13-9-12(5-6-14(13)17)19-15(20)7-4-10-2-1-3-11(18)8-10/h1-3,5-6,8-9H,4,7,18H2,(H,19,20). The van der Waals surface area contributed by atoms with Crippen molar-refractivity contribution in [1.82, 2.24) is 0 Å². The van der Waals surface area contributed by atoms with Crippen LogP contribution in [0.1, 0.15) is 12.0 Å². The van der Waals surface area contributed by atoms with Crippen LogP contribution in [0.15, 0.2) is 42.5 Å². The van der Waals surface area contributed by atoms with Crippen molar-refractivity contribution in [3.63, 3.8) is 0 Å². The molecule has 0 atom stereocenters. The molecule has 0 fully saturated rings. The van der Waals surface area contributed by atoms with E-state index in [2.05, 4.69) is 5.32 Å². The molecule has 0 aliphatic rings. The molecule has 0 aliphatic heterocycles. The van der Waals surface area contributed by atoms with Crippen LogP contribution in [-0.4, -0.2) is 5.91 Å². The SMILES string of the molecule is Nc1cccc(CCC(=O)Nc2ccc(F)c(Cl)c2)c1. The molecule has 0 aromatic heterocycles. The summed E-state index contributed by atoms with van der Waals surface area (Å²) in [7, 11) is 0. The number of carbonyl (C=O) groups is 1. The number of carbonyl (C=O) groups excluding carboxylic acids is 1. The molecule has 2 aromatic rings. The number of amides is 1. The van der Waals surface area contributed by atoms with Crippen LogP contribution in [0.4, 0.5) is 15.8 Å². The second kappa shape index (κ2) is 6.39. The Morgan fingerprint density at radius 2 is 2.05 bits per heavy atom. The van der Waals surface area contributed by atoms with Gasteiger partial charge in [-0.3, -0.25) is 4.79 Å². The fourth-order valence-corrected chi connectivity index (χ4v) is 1.98. The molecule has 104 valence electrons. The number of benzene rings is 2. The molecule has 0 unspecified atom stereocenters. The van der Waals surface area contributed by atoms with E-state index < -0.39 is 5.82 Å². The van der Waals surface area contributed by atoms with Crippen LogP contribution in [0.2, 0.25) is 5.02 Å². The van der Waals surface area contributed by atoms with E-state index in [0.717, 1.165) is 5.56 Å². The van der Waals surface area contributed by atoms with Crippen LogP contribution >= 0.6 is 11.6 Å². The number of nitrogens with one attached hydrogen (secondary N) is 1. The minimum Gasteiger partial charge on any atom is -0.399 e. The molecule has 5 heteroatoms. The highest BCUT2D eigenvalue weighted by Crippen LogP contribution is 2.19. The lowest BCUT2D eigenvalue weighted by Crippen LogP contribution is -2.12. The summed E-state index contributed by atoms with van der Waals surface area (Å²) in [5.74, 6) is -0.667. The summed E-state index contributed by atoms with van der Waals surface area (Å²) < 4.78 is 13.0. The molecule has 0 aliphatic carbocycles. The predicted octanol–water partition coefficient (Wildman–Crippen LogP) is 3.63. The lowest BCUT2D eigenvalue weighted by molar-refractivity contribution is -0.116. The Bertz CT molecular complexity index is 631. The van der Waals surface area contributed by atoms with Gasteiger partial charge in [-0.15, -0.1) is 0 Å². The number of nitrogens with two attached hydrogens (primary N) is 1. The summed E-state index contributed by atoms with van der Waals surface area (Å²) >= 11 is 5.65. The van der Waals surface area contributed by atoms with E-state index in [1.54, 1.807) is 6.07 Å². The highest BCUT2D eigenvalue weighted by molar-refractivity contribution is 6.31. The average molecular weight is 293 g/mol. The van der Waals surface area contributed by atoms with E-state index in [0.29, 0.717) is 24.2 Å². The predicted molar refractivity (Wildman–Crippen MR) is 79.2 cm³/mol. The summed E-state index contributed by atoms with van der Waals surface area (Å²) in [5, 5.41) is 2.66. The van der Waals surface area contributed by atoms with E-state index in [1.807, 2.05) is 18.2 Å². The van der Waals surface area contributed by atoms with Crippen molar-refractivity contribution >= 4 is 28.9 Å². The zero-order valence-electron chi connectivity index (χ0n) is 10.7. The second-order valence-corrected chi connectivity index (χ2v) is 4.83. The number of nitrogen functional groups attached to an aromatic ring is 1. The molecule has 0 saturated heterocycles. The second-order valence-electron chi connectivity index (χ2n) is 4.42. The molecular formula is C15H14ClFN2O. The van der Waals surface area contributed by atoms with Gasteiger partial charge in [0.25, 0.3) is 0 Å². The largest absolute Gasteiger partial charge is 0.399 e. The first-order valence-corrected chi connectivity index (χ1v) is 6.52. The van der Waals surface area contributed by atoms with Crippen molar-refractivity contribution in [2.45, 2.75) is 12.8 Å². The summed E-state index contributed by atoms with van der Waals surface area (Å²) in [4.78, 5) is 11.8. The van der Waals surface area contributed by atoms with Gasteiger partial charge in [-0.25, -0.2) is 4.39 Å². The quantitative estimate of drug-likeness (QED) is 0.846. The Kier molecular flexibility index (Phi) is 4.58. The minimum absolute atomic E-state index is 0.0152. The van der Waals surface area contributed by atoms with Crippen molar-refractivity contribution < 1.29 is 9.18 Å². The molecule has 0 bridgehead atoms. The third-order valence-electron chi connectivity index (χ3n) is 2.80. The first kappa shape index (κ1) is 14.3. The van der Waals surface area contributed by atoms with Crippen LogP contribution in [0.5, 0.6) is 0 Å². The zero-order valence-corrected chi connectivity index (χ0v) is 11.5. The smallest absolute Gasteiger partial charge is 0.224 e. The molecule has 0 radical (unpaired) electrons. The monoisotopic (exact) mass is 292 g/mol. The van der Waals surface area contributed by atoms with E-state index >= 15 is 0 Å². The first-order chi connectivity index (χ1) is 9.54. The summed E-state index contributed by atoms with van der Waals surface area (Å²) in [6, 6.07) is 11.5. The van der Waals surface area contributed by atoms with E-state index in [1.165, 1.54) is 18.2 Å². The Morgan fingerprint density at radius 1 is 1.25 bits per heavy atom. The molecule has 2 rings (SSSR count). The number of anilines is 2. The van der Waals surface area contributed by atoms with Crippen molar-refractivity contribution in [1.29, 1.82) is 0 Å². The maximum atomic E-state index is 13.0. The molecule has 1 amide bonds. The van der Waals surface area contributed by atoms with Gasteiger partial charge in [-0.05, 0) is 42.3 Å². The number of rotatable bonds is 4. The van der Waals surface area contributed by atoms with Gasteiger partial charge >= 0.3 is 0 Å². The summed E-state index contributed by atoms with van der Waals surface area (Å²) in [6.07, 6.45) is 0.907. The van der Waals surface area contributed by atoms with Crippen LogP contribution in [0, 0.1) is 5.82 Å². The Morgan fingerprint density at radius 3 is 2.75 bits per heavy atom. The molecule has 0 saturated carbocycles. The molecule has 0 heterocycles. The van der Waals surface area contributed by atoms with Crippen molar-refractivity contribution in [3.05, 3.63) is 58.9 Å². The highest BCUT2D eigenvalue weighted by Gasteiger charge is 2.06. The molecule has 3 nitrogen and oxygen atoms in total. The minimum atomic E-state index is -0.510. The first-order valence-electron chi connectivity index (χ1n) is 6.14. The Hall–Kier alpha value is -2.07. The Labute approximate surface area is 121 Å². The number of aryl methyl sites for hydroxylation is 1. The van der Waals surface area contributed by atoms with Gasteiger partial charge in [0.15, 0.2) is 0 Å². The van der Waals surface area contributed by atoms with Crippen LogP contribution in [-0.2, 0) is 11.2 Å². The maximum Gasteiger partial charge on any atom is 0.224 e. The highest BCUT2D eigenvalue weighted by atomic mass is 35.5. The average Bonchev–Trinajstić information content (AvgIpc) is 2.41. The molecule has 0 spiro atoms. The van der Waals surface area contributed by atoms with Gasteiger partial charge in [0.2, 0.25) is 5.91 Å². The number of halogens is 2. The summed E-state index contributed by atoms with van der Waals surface area (Å²) in [6.45, 7) is 0. The lowest BCUT2D eigenvalue weighted by Gasteiger charge is -2.06. The van der Waals surface area contributed by atoms with Crippen molar-refractivity contribution in [2.24, 2.45) is 0 Å². The van der Waals surface area contributed by atoms with Crippen molar-refractivity contribution in [3.8, 4) is 0 Å². The normalized spacial score (nSPS) is 10.3. The number of hydrogen-bond donors (Lipinski definition) is 2. The van der Waals surface area contributed by atoms with Gasteiger partial charge < -0.3 is 11.1 Å². The van der Waals surface area contributed by atoms with Gasteiger partial charge in [0, 0.05) is 17.8 Å². The van der Waals surface area contributed by atoms with Crippen LogP contribution in [0.3, 0.4) is 0 Å². The third-order valence-corrected chi connectivity index (χ3v) is 3.08. The third kappa shape index (κ3) is 3.96. The maximum absolute atomic E-state index is 13.0. The molecule has 20 heavy (non-hydrogen) atoms. The van der Waals surface area contributed by atoms with E-state index in [4.69, 9.17) is 17.3 Å². The molecule has 2 aromatic carbocycles. The van der Waals surface area contributed by atoms with Gasteiger partial charge in [-0.1, -0.05) is 23.7 Å². The topological polar surface area (TPSA) is 55.1 Å². The van der Waals surface area contributed by atoms with Crippen LogP contribution < -0.4 is 11.1 Å². The van der Waals surface area contributed by atoms with Gasteiger partial charge in [0.05, 0.1) is 5.02 Å². The van der Waals surface area contributed by atoms with Crippen LogP contribution in [0.25, 0.3) is 0 Å². The molecular weight excluding hydrogens is 279 g/mol. The van der Waals surface area contributed by atoms with Gasteiger partial charge in [0.1, 0.15) is 5.82 Å². The lowest BCUT2D eigenvalue weighted by atomic mass is 10.1. The van der Waals surface area contributed by atoms with E-state index in [9.17, 15) is 9.18 Å².